The number of rotatable bonds is 2. The molecule has 0 spiro atoms. The molecule has 2 unspecified atom stereocenters. The number of imidazole rings is 1. The molecule has 4 aromatic rings. The molecular formula is C17H15N5O. The quantitative estimate of drug-likeness (QED) is 0.530. The molecule has 6 heteroatoms. The number of hydrogen-bond donors (Lipinski definition) is 3. The molecule has 0 aliphatic carbocycles. The van der Waals surface area contributed by atoms with E-state index in [9.17, 15) is 0 Å². The Labute approximate surface area is 131 Å². The summed E-state index contributed by atoms with van der Waals surface area (Å²) in [4.78, 5) is 12.3. The van der Waals surface area contributed by atoms with Gasteiger partial charge in [-0.1, -0.05) is 18.2 Å². The second-order valence-corrected chi connectivity index (χ2v) is 5.79. The highest BCUT2D eigenvalue weighted by molar-refractivity contribution is 5.78. The van der Waals surface area contributed by atoms with Crippen molar-refractivity contribution < 1.29 is 4.42 Å². The van der Waals surface area contributed by atoms with Crippen molar-refractivity contribution in [2.75, 3.05) is 6.54 Å². The largest absolute Gasteiger partial charge is 0.459 e. The zero-order valence-electron chi connectivity index (χ0n) is 12.3. The van der Waals surface area contributed by atoms with Crippen molar-refractivity contribution in [2.24, 2.45) is 0 Å². The third-order valence-corrected chi connectivity index (χ3v) is 4.36. The van der Waals surface area contributed by atoms with Gasteiger partial charge >= 0.3 is 0 Å². The Morgan fingerprint density at radius 3 is 3.00 bits per heavy atom. The third kappa shape index (κ3) is 2.03. The molecule has 1 fully saturated rings. The molecule has 1 aromatic carbocycles. The average Bonchev–Trinajstić information content (AvgIpc) is 3.30. The van der Waals surface area contributed by atoms with E-state index in [0.29, 0.717) is 0 Å². The van der Waals surface area contributed by atoms with Crippen molar-refractivity contribution in [3.8, 4) is 0 Å². The Bertz CT molecular complexity index is 843. The first-order valence-corrected chi connectivity index (χ1v) is 7.66. The lowest BCUT2D eigenvalue weighted by atomic mass is 9.99. The minimum absolute atomic E-state index is 0.0305. The lowest BCUT2D eigenvalue weighted by Crippen LogP contribution is -2.24. The molecule has 114 valence electrons. The number of hydrazine groups is 1. The fourth-order valence-corrected chi connectivity index (χ4v) is 3.22. The number of pyridine rings is 1. The minimum atomic E-state index is 0.0305. The number of para-hydroxylation sites is 1. The topological polar surface area (TPSA) is 78.8 Å². The van der Waals surface area contributed by atoms with Crippen molar-refractivity contribution >= 4 is 22.1 Å². The zero-order valence-corrected chi connectivity index (χ0v) is 12.3. The van der Waals surface area contributed by atoms with Crippen LogP contribution in [-0.4, -0.2) is 21.5 Å². The van der Waals surface area contributed by atoms with Gasteiger partial charge in [-0.05, 0) is 24.3 Å². The van der Waals surface area contributed by atoms with Crippen LogP contribution in [0.1, 0.15) is 23.5 Å². The highest BCUT2D eigenvalue weighted by Crippen LogP contribution is 2.35. The summed E-state index contributed by atoms with van der Waals surface area (Å²) < 4.78 is 6.02. The standard InChI is InChI=1S/C17H15N5O/c1-2-6-13-10(4-1)8-14(23-13)15-11(9-19-22-15)16-20-12-5-3-7-18-17(12)21-16/h1-8,11,15,19,22H,9H2,(H,18,20,21). The summed E-state index contributed by atoms with van der Waals surface area (Å²) in [5, 5.41) is 1.11. The van der Waals surface area contributed by atoms with Gasteiger partial charge in [0, 0.05) is 18.1 Å². The summed E-state index contributed by atoms with van der Waals surface area (Å²) in [6.07, 6.45) is 1.76. The Morgan fingerprint density at radius 2 is 2.09 bits per heavy atom. The predicted octanol–water partition coefficient (Wildman–Crippen LogP) is 2.64. The molecule has 0 amide bonds. The lowest BCUT2D eigenvalue weighted by molar-refractivity contribution is 0.431. The number of H-pyrrole nitrogens is 1. The smallest absolute Gasteiger partial charge is 0.177 e. The molecule has 4 heterocycles. The average molecular weight is 305 g/mol. The van der Waals surface area contributed by atoms with Crippen LogP contribution in [0.4, 0.5) is 0 Å². The summed E-state index contributed by atoms with van der Waals surface area (Å²) in [6.45, 7) is 0.779. The SMILES string of the molecule is c1ccc2oc(C3NNCC3c3nc4ncccc4[nH]3)cc2c1. The van der Waals surface area contributed by atoms with E-state index in [0.717, 1.165) is 40.3 Å². The Balaban J connectivity index is 1.56. The summed E-state index contributed by atoms with van der Waals surface area (Å²) in [7, 11) is 0. The van der Waals surface area contributed by atoms with E-state index in [1.807, 2.05) is 30.3 Å². The maximum absolute atomic E-state index is 6.02. The fourth-order valence-electron chi connectivity index (χ4n) is 3.22. The molecular weight excluding hydrogens is 290 g/mol. The van der Waals surface area contributed by atoms with Crippen molar-refractivity contribution in [3.05, 3.63) is 60.2 Å². The van der Waals surface area contributed by atoms with Crippen molar-refractivity contribution in [2.45, 2.75) is 12.0 Å². The zero-order chi connectivity index (χ0) is 15.2. The summed E-state index contributed by atoms with van der Waals surface area (Å²) in [5.74, 6) is 1.99. The molecule has 3 aromatic heterocycles. The summed E-state index contributed by atoms with van der Waals surface area (Å²) >= 11 is 0. The van der Waals surface area contributed by atoms with Gasteiger partial charge in [-0.15, -0.1) is 0 Å². The van der Waals surface area contributed by atoms with Gasteiger partial charge < -0.3 is 9.40 Å². The van der Waals surface area contributed by atoms with E-state index in [1.165, 1.54) is 0 Å². The van der Waals surface area contributed by atoms with Crippen LogP contribution in [0.2, 0.25) is 0 Å². The van der Waals surface area contributed by atoms with E-state index in [4.69, 9.17) is 4.42 Å². The van der Waals surface area contributed by atoms with Gasteiger partial charge in [-0.2, -0.15) is 0 Å². The number of fused-ring (bicyclic) bond motifs is 2. The number of nitrogens with one attached hydrogen (secondary N) is 3. The van der Waals surface area contributed by atoms with Crippen LogP contribution < -0.4 is 10.9 Å². The highest BCUT2D eigenvalue weighted by atomic mass is 16.3. The molecule has 0 bridgehead atoms. The Morgan fingerprint density at radius 1 is 1.13 bits per heavy atom. The predicted molar refractivity (Wildman–Crippen MR) is 86.7 cm³/mol. The molecule has 5 rings (SSSR count). The van der Waals surface area contributed by atoms with Crippen LogP contribution in [0.15, 0.2) is 53.1 Å². The minimum Gasteiger partial charge on any atom is -0.459 e. The van der Waals surface area contributed by atoms with Crippen molar-refractivity contribution in [1.29, 1.82) is 0 Å². The highest BCUT2D eigenvalue weighted by Gasteiger charge is 2.34. The van der Waals surface area contributed by atoms with Gasteiger partial charge in [-0.25, -0.2) is 15.4 Å². The van der Waals surface area contributed by atoms with Crippen molar-refractivity contribution in [1.82, 2.24) is 25.8 Å². The number of benzene rings is 1. The first-order chi connectivity index (χ1) is 11.4. The monoisotopic (exact) mass is 305 g/mol. The van der Waals surface area contributed by atoms with Gasteiger partial charge in [0.1, 0.15) is 17.2 Å². The van der Waals surface area contributed by atoms with E-state index >= 15 is 0 Å². The molecule has 1 aliphatic heterocycles. The van der Waals surface area contributed by atoms with E-state index in [1.54, 1.807) is 6.20 Å². The van der Waals surface area contributed by atoms with Gasteiger partial charge in [-0.3, -0.25) is 5.43 Å². The second-order valence-electron chi connectivity index (χ2n) is 5.79. The first-order valence-electron chi connectivity index (χ1n) is 7.66. The molecule has 6 nitrogen and oxygen atoms in total. The Kier molecular flexibility index (Phi) is 2.73. The van der Waals surface area contributed by atoms with Crippen LogP contribution in [0.3, 0.4) is 0 Å². The fraction of sp³-hybridized carbons (Fsp3) is 0.176. The summed E-state index contributed by atoms with van der Waals surface area (Å²) in [5.41, 5.74) is 9.13. The van der Waals surface area contributed by atoms with E-state index in [2.05, 4.69) is 37.9 Å². The van der Waals surface area contributed by atoms with Crippen LogP contribution in [-0.2, 0) is 0 Å². The molecule has 1 saturated heterocycles. The number of furan rings is 1. The molecule has 0 radical (unpaired) electrons. The van der Waals surface area contributed by atoms with Gasteiger partial charge in [0.05, 0.1) is 17.5 Å². The lowest BCUT2D eigenvalue weighted by Gasteiger charge is -2.13. The van der Waals surface area contributed by atoms with Crippen LogP contribution in [0, 0.1) is 0 Å². The van der Waals surface area contributed by atoms with Gasteiger partial charge in [0.25, 0.3) is 0 Å². The molecule has 0 saturated carbocycles. The number of nitrogens with zero attached hydrogens (tertiary/aromatic N) is 2. The molecule has 2 atom stereocenters. The third-order valence-electron chi connectivity index (χ3n) is 4.36. The second kappa shape index (κ2) is 4.91. The number of aromatic amines is 1. The van der Waals surface area contributed by atoms with Crippen LogP contribution in [0.25, 0.3) is 22.1 Å². The number of hydrogen-bond acceptors (Lipinski definition) is 5. The van der Waals surface area contributed by atoms with E-state index < -0.39 is 0 Å². The molecule has 23 heavy (non-hydrogen) atoms. The maximum atomic E-state index is 6.02. The normalized spacial score (nSPS) is 21.4. The van der Waals surface area contributed by atoms with Crippen LogP contribution >= 0.6 is 0 Å². The van der Waals surface area contributed by atoms with Gasteiger partial charge in [0.2, 0.25) is 0 Å². The molecule has 3 N–H and O–H groups in total. The molecule has 1 aliphatic rings. The van der Waals surface area contributed by atoms with Crippen LogP contribution in [0.5, 0.6) is 0 Å². The number of aromatic nitrogens is 3. The van der Waals surface area contributed by atoms with Gasteiger partial charge in [0.15, 0.2) is 5.65 Å². The Hall–Kier alpha value is -2.70. The van der Waals surface area contributed by atoms with E-state index in [-0.39, 0.29) is 12.0 Å². The van der Waals surface area contributed by atoms with Crippen molar-refractivity contribution in [3.63, 3.8) is 0 Å². The summed E-state index contributed by atoms with van der Waals surface area (Å²) in [6, 6.07) is 14.1. The maximum Gasteiger partial charge on any atom is 0.177 e. The first kappa shape index (κ1) is 12.8.